The van der Waals surface area contributed by atoms with Crippen LogP contribution in [-0.2, 0) is 29.2 Å². The van der Waals surface area contributed by atoms with E-state index in [0.29, 0.717) is 24.6 Å². The second-order valence-electron chi connectivity index (χ2n) is 17.1. The molecule has 288 valence electrons. The molecule has 4 fully saturated rings. The number of hydrogen-bond donors (Lipinski definition) is 5. The van der Waals surface area contributed by atoms with E-state index in [1.54, 1.807) is 36.2 Å². The minimum absolute atomic E-state index is 0.0520. The molecule has 4 aliphatic rings. The van der Waals surface area contributed by atoms with Crippen molar-refractivity contribution in [3.05, 3.63) is 36.9 Å². The molecule has 52 heavy (non-hydrogen) atoms. The van der Waals surface area contributed by atoms with E-state index in [2.05, 4.69) is 41.1 Å². The van der Waals surface area contributed by atoms with Gasteiger partial charge in [-0.15, -0.1) is 6.58 Å². The van der Waals surface area contributed by atoms with Crippen LogP contribution in [0.4, 0.5) is 5.69 Å². The van der Waals surface area contributed by atoms with Crippen LogP contribution in [0.2, 0.25) is 0 Å². The summed E-state index contributed by atoms with van der Waals surface area (Å²) in [4.78, 5) is 58.5. The molecule has 6 atom stereocenters. The molecule has 1 aliphatic heterocycles. The zero-order chi connectivity index (χ0) is 38.2. The van der Waals surface area contributed by atoms with Gasteiger partial charge in [-0.3, -0.25) is 19.2 Å². The maximum absolute atomic E-state index is 14.8. The Bertz CT molecular complexity index is 1650. The maximum atomic E-state index is 14.8. The molecule has 3 saturated carbocycles. The summed E-state index contributed by atoms with van der Waals surface area (Å²) in [5, 5.41) is 8.78. The second kappa shape index (κ2) is 15.1. The lowest BCUT2D eigenvalue weighted by Crippen LogP contribution is -2.61. The first-order valence-electron chi connectivity index (χ1n) is 19.1. The zero-order valence-corrected chi connectivity index (χ0v) is 32.6. The molecular formula is C39H60N6O6S. The maximum Gasteiger partial charge on any atom is 0.266 e. The largest absolute Gasteiger partial charge is 0.387 e. The molecular weight excluding hydrogens is 681 g/mol. The van der Waals surface area contributed by atoms with Crippen molar-refractivity contribution in [1.82, 2.24) is 20.3 Å². The van der Waals surface area contributed by atoms with Gasteiger partial charge in [0.15, 0.2) is 0 Å². The number of amides is 4. The summed E-state index contributed by atoms with van der Waals surface area (Å²) in [5.41, 5.74) is 4.20. The van der Waals surface area contributed by atoms with E-state index in [1.165, 1.54) is 6.07 Å². The Morgan fingerprint density at radius 1 is 1.00 bits per heavy atom. The number of benzene rings is 1. The minimum Gasteiger partial charge on any atom is -0.387 e. The molecule has 12 nitrogen and oxygen atoms in total. The predicted octanol–water partition coefficient (Wildman–Crippen LogP) is 4.08. The van der Waals surface area contributed by atoms with Crippen molar-refractivity contribution < 1.29 is 27.6 Å². The van der Waals surface area contributed by atoms with Crippen LogP contribution in [0.3, 0.4) is 0 Å². The van der Waals surface area contributed by atoms with Gasteiger partial charge in [0.05, 0.1) is 11.7 Å². The van der Waals surface area contributed by atoms with Crippen molar-refractivity contribution in [2.24, 2.45) is 40.2 Å². The van der Waals surface area contributed by atoms with Gasteiger partial charge in [-0.1, -0.05) is 78.5 Å². The van der Waals surface area contributed by atoms with Crippen molar-refractivity contribution in [3.63, 3.8) is 0 Å². The summed E-state index contributed by atoms with van der Waals surface area (Å²) in [6.07, 6.45) is 10.1. The standard InChI is InChI=1S/C39H60N6O6S/c1-8-26-21-39(26,36(49)44-52(50,51)30-20-13-12-19-28(30)41-7)43-33(46)29-22-38(24(2)3,27-17-14-18-27)23-45(29)35(48)32(37(4,5)6)42-34(47)31(40)25-15-10-9-11-16-25/h8,12-13,19-20,24-27,29,31-32,41H,1,9-11,14-18,21-23,40H2,2-7H3,(H,42,47)(H,43,46)(H,44,49)/t26-,29+,31+,32-,38-,39-/m1/s1. The van der Waals surface area contributed by atoms with Crippen molar-refractivity contribution in [1.29, 1.82) is 0 Å². The molecule has 5 rings (SSSR count). The van der Waals surface area contributed by atoms with Crippen molar-refractivity contribution >= 4 is 39.3 Å². The van der Waals surface area contributed by atoms with Gasteiger partial charge >= 0.3 is 0 Å². The van der Waals surface area contributed by atoms with Gasteiger partial charge in [-0.2, -0.15) is 0 Å². The molecule has 0 unspecified atom stereocenters. The summed E-state index contributed by atoms with van der Waals surface area (Å²) in [6, 6.07) is 3.59. The van der Waals surface area contributed by atoms with Crippen LogP contribution < -0.4 is 26.4 Å². The van der Waals surface area contributed by atoms with Crippen LogP contribution in [0.15, 0.2) is 41.8 Å². The summed E-state index contributed by atoms with van der Waals surface area (Å²) >= 11 is 0. The molecule has 0 bridgehead atoms. The van der Waals surface area contributed by atoms with Crippen LogP contribution in [-0.4, -0.2) is 74.2 Å². The number of nitrogens with two attached hydrogens (primary N) is 1. The van der Waals surface area contributed by atoms with E-state index in [0.717, 1.165) is 51.4 Å². The van der Waals surface area contributed by atoms with Gasteiger partial charge in [-0.05, 0) is 79.2 Å². The van der Waals surface area contributed by atoms with E-state index < -0.39 is 56.8 Å². The highest BCUT2D eigenvalue weighted by molar-refractivity contribution is 7.90. The smallest absolute Gasteiger partial charge is 0.266 e. The number of rotatable bonds is 13. The van der Waals surface area contributed by atoms with E-state index in [1.807, 2.05) is 20.8 Å². The number of nitrogens with one attached hydrogen (secondary N) is 4. The first-order chi connectivity index (χ1) is 24.4. The van der Waals surface area contributed by atoms with Crippen molar-refractivity contribution in [2.75, 3.05) is 18.9 Å². The lowest BCUT2D eigenvalue weighted by atomic mass is 9.59. The van der Waals surface area contributed by atoms with Crippen LogP contribution >= 0.6 is 0 Å². The molecule has 0 aromatic heterocycles. The van der Waals surface area contributed by atoms with Crippen LogP contribution in [0.25, 0.3) is 0 Å². The average Bonchev–Trinajstić information content (AvgIpc) is 3.65. The van der Waals surface area contributed by atoms with Gasteiger partial charge in [-0.25, -0.2) is 13.1 Å². The van der Waals surface area contributed by atoms with Crippen molar-refractivity contribution in [2.45, 2.75) is 127 Å². The minimum atomic E-state index is -4.31. The van der Waals surface area contributed by atoms with Crippen molar-refractivity contribution in [3.8, 4) is 0 Å². The molecule has 1 heterocycles. The molecule has 4 amide bonds. The lowest BCUT2D eigenvalue weighted by molar-refractivity contribution is -0.145. The monoisotopic (exact) mass is 740 g/mol. The highest BCUT2D eigenvalue weighted by Crippen LogP contribution is 2.55. The fraction of sp³-hybridized carbons (Fsp3) is 0.692. The lowest BCUT2D eigenvalue weighted by Gasteiger charge is -2.46. The fourth-order valence-corrected chi connectivity index (χ4v) is 10.1. The van der Waals surface area contributed by atoms with E-state index in [-0.39, 0.29) is 40.4 Å². The molecule has 6 N–H and O–H groups in total. The number of carbonyl (C=O) groups excluding carboxylic acids is 4. The van der Waals surface area contributed by atoms with E-state index >= 15 is 0 Å². The Balaban J connectivity index is 1.44. The third kappa shape index (κ3) is 7.62. The molecule has 1 saturated heterocycles. The first-order valence-corrected chi connectivity index (χ1v) is 20.5. The Hall–Kier alpha value is -3.45. The number of anilines is 1. The Labute approximate surface area is 309 Å². The number of sulfonamides is 1. The molecule has 3 aliphatic carbocycles. The third-order valence-corrected chi connectivity index (χ3v) is 14.0. The van der Waals surface area contributed by atoms with Crippen LogP contribution in [0, 0.1) is 34.5 Å². The average molecular weight is 741 g/mol. The molecule has 1 aromatic carbocycles. The second-order valence-corrected chi connectivity index (χ2v) is 18.8. The Morgan fingerprint density at radius 2 is 1.65 bits per heavy atom. The summed E-state index contributed by atoms with van der Waals surface area (Å²) < 4.78 is 29.1. The number of nitrogens with zero attached hydrogens (tertiary/aromatic N) is 1. The molecule has 13 heteroatoms. The quantitative estimate of drug-likeness (QED) is 0.188. The highest BCUT2D eigenvalue weighted by Gasteiger charge is 2.63. The summed E-state index contributed by atoms with van der Waals surface area (Å²) in [5.74, 6) is -2.11. The number of para-hydroxylation sites is 1. The Morgan fingerprint density at radius 3 is 2.19 bits per heavy atom. The normalized spacial score (nSPS) is 28.0. The van der Waals surface area contributed by atoms with E-state index in [9.17, 15) is 27.6 Å². The van der Waals surface area contributed by atoms with Gasteiger partial charge < -0.3 is 26.6 Å². The van der Waals surface area contributed by atoms with Gasteiger partial charge in [0.25, 0.3) is 15.9 Å². The van der Waals surface area contributed by atoms with Gasteiger partial charge in [0.2, 0.25) is 17.7 Å². The number of likely N-dealkylation sites (tertiary alicyclic amines) is 1. The van der Waals surface area contributed by atoms with Gasteiger partial charge in [0.1, 0.15) is 22.5 Å². The SMILES string of the molecule is C=C[C@@H]1C[C@]1(NC(=O)[C@@H]1C[C@@](C(C)C)(C2CCC2)CN1C(=O)[C@@H](NC(=O)[C@@H](N)C1CCCCC1)C(C)(C)C)C(=O)NS(=O)(=O)c1ccccc1NC. The van der Waals surface area contributed by atoms with E-state index in [4.69, 9.17) is 5.73 Å². The number of carbonyl (C=O) groups is 4. The predicted molar refractivity (Wildman–Crippen MR) is 201 cm³/mol. The number of hydrogen-bond acceptors (Lipinski definition) is 8. The summed E-state index contributed by atoms with van der Waals surface area (Å²) in [6.45, 7) is 14.1. The fourth-order valence-electron chi connectivity index (χ4n) is 8.87. The summed E-state index contributed by atoms with van der Waals surface area (Å²) in [7, 11) is -2.72. The topological polar surface area (TPSA) is 180 Å². The molecule has 0 radical (unpaired) electrons. The van der Waals surface area contributed by atoms with Gasteiger partial charge in [0, 0.05) is 19.5 Å². The first kappa shape index (κ1) is 39.8. The van der Waals surface area contributed by atoms with Crippen LogP contribution in [0.5, 0.6) is 0 Å². The third-order valence-electron chi connectivity index (χ3n) is 12.7. The Kier molecular flexibility index (Phi) is 11.6. The van der Waals surface area contributed by atoms with Crippen LogP contribution in [0.1, 0.15) is 98.8 Å². The molecule has 0 spiro atoms. The molecule has 1 aromatic rings. The zero-order valence-electron chi connectivity index (χ0n) is 31.8. The highest BCUT2D eigenvalue weighted by atomic mass is 32.2.